The van der Waals surface area contributed by atoms with E-state index in [1.54, 1.807) is 6.07 Å². The third-order valence-electron chi connectivity index (χ3n) is 4.13. The number of fused-ring (bicyclic) bond motifs is 2. The number of H-pyrrole nitrogens is 1. The SMILES string of the molecule is CC(C)c1nc2c(-c3cc(Cl)c4[nH]ncc4c3)c(C(F)(F)F)ccn2n1. The van der Waals surface area contributed by atoms with Crippen molar-refractivity contribution in [2.45, 2.75) is 25.9 Å². The molecule has 0 saturated carbocycles. The molecule has 0 unspecified atom stereocenters. The van der Waals surface area contributed by atoms with Crippen molar-refractivity contribution < 1.29 is 13.2 Å². The van der Waals surface area contributed by atoms with Crippen molar-refractivity contribution in [2.75, 3.05) is 0 Å². The Morgan fingerprint density at radius 3 is 2.69 bits per heavy atom. The highest BCUT2D eigenvalue weighted by Crippen LogP contribution is 2.41. The van der Waals surface area contributed by atoms with Crippen LogP contribution in [0.15, 0.2) is 30.6 Å². The van der Waals surface area contributed by atoms with Crippen LogP contribution >= 0.6 is 11.6 Å². The second-order valence-electron chi connectivity index (χ2n) is 6.29. The number of nitrogens with one attached hydrogen (secondary N) is 1. The van der Waals surface area contributed by atoms with Crippen LogP contribution in [0.3, 0.4) is 0 Å². The van der Waals surface area contributed by atoms with E-state index in [1.807, 2.05) is 13.8 Å². The molecule has 3 aromatic heterocycles. The van der Waals surface area contributed by atoms with E-state index < -0.39 is 11.7 Å². The van der Waals surface area contributed by atoms with Gasteiger partial charge in [0.2, 0.25) is 0 Å². The van der Waals surface area contributed by atoms with Crippen LogP contribution in [0.4, 0.5) is 13.2 Å². The normalized spacial score (nSPS) is 12.6. The van der Waals surface area contributed by atoms with Gasteiger partial charge < -0.3 is 0 Å². The molecule has 0 amide bonds. The third-order valence-corrected chi connectivity index (χ3v) is 4.43. The second kappa shape index (κ2) is 5.70. The number of nitrogens with zero attached hydrogens (tertiary/aromatic N) is 4. The van der Waals surface area contributed by atoms with Crippen LogP contribution in [-0.4, -0.2) is 24.8 Å². The Morgan fingerprint density at radius 2 is 2.00 bits per heavy atom. The van der Waals surface area contributed by atoms with Gasteiger partial charge in [-0.25, -0.2) is 9.50 Å². The van der Waals surface area contributed by atoms with Gasteiger partial charge in [-0.2, -0.15) is 23.4 Å². The molecule has 3 heterocycles. The smallest absolute Gasteiger partial charge is 0.276 e. The summed E-state index contributed by atoms with van der Waals surface area (Å²) in [5.41, 5.74) is 0.184. The maximum Gasteiger partial charge on any atom is 0.417 e. The van der Waals surface area contributed by atoms with Crippen LogP contribution in [0.2, 0.25) is 5.02 Å². The molecule has 4 rings (SSSR count). The summed E-state index contributed by atoms with van der Waals surface area (Å²) < 4.78 is 42.4. The summed E-state index contributed by atoms with van der Waals surface area (Å²) in [5.74, 6) is 0.457. The average Bonchev–Trinajstić information content (AvgIpc) is 3.19. The predicted octanol–water partition coefficient (Wildman–Crippen LogP) is 5.07. The standard InChI is InChI=1S/C17H13ClF3N5/c1-8(2)15-23-16-13(11(17(19,20)21)3-4-26(16)25-15)9-5-10-7-22-24-14(10)12(18)6-9/h3-8H,1-2H3,(H,22,24). The molecule has 0 aliphatic carbocycles. The third kappa shape index (κ3) is 2.61. The fourth-order valence-electron chi connectivity index (χ4n) is 2.89. The van der Waals surface area contributed by atoms with Crippen LogP contribution in [-0.2, 0) is 6.18 Å². The fraction of sp³-hybridized carbons (Fsp3) is 0.235. The second-order valence-corrected chi connectivity index (χ2v) is 6.69. The van der Waals surface area contributed by atoms with Crippen molar-refractivity contribution in [1.82, 2.24) is 24.8 Å². The average molecular weight is 380 g/mol. The number of aromatic amines is 1. The summed E-state index contributed by atoms with van der Waals surface area (Å²) in [7, 11) is 0. The van der Waals surface area contributed by atoms with E-state index in [0.717, 1.165) is 6.07 Å². The lowest BCUT2D eigenvalue weighted by Crippen LogP contribution is -2.09. The molecule has 1 aromatic carbocycles. The van der Waals surface area contributed by atoms with Gasteiger partial charge in [0.15, 0.2) is 11.5 Å². The molecule has 9 heteroatoms. The van der Waals surface area contributed by atoms with Crippen molar-refractivity contribution in [2.24, 2.45) is 0 Å². The first-order valence-corrected chi connectivity index (χ1v) is 8.23. The topological polar surface area (TPSA) is 58.9 Å². The molecule has 0 atom stereocenters. The number of pyridine rings is 1. The van der Waals surface area contributed by atoms with E-state index in [0.29, 0.717) is 22.3 Å². The molecule has 0 aliphatic heterocycles. The Labute approximate surface area is 150 Å². The highest BCUT2D eigenvalue weighted by atomic mass is 35.5. The first kappa shape index (κ1) is 16.8. The van der Waals surface area contributed by atoms with Crippen molar-refractivity contribution in [3.8, 4) is 11.1 Å². The number of hydrogen-bond donors (Lipinski definition) is 1. The van der Waals surface area contributed by atoms with Gasteiger partial charge in [0.25, 0.3) is 0 Å². The molecule has 4 aromatic rings. The Bertz CT molecular complexity index is 1130. The van der Waals surface area contributed by atoms with Crippen LogP contribution in [0.1, 0.15) is 31.2 Å². The van der Waals surface area contributed by atoms with E-state index in [9.17, 15) is 13.2 Å². The lowest BCUT2D eigenvalue weighted by molar-refractivity contribution is -0.137. The maximum absolute atomic E-state index is 13.7. The molecule has 26 heavy (non-hydrogen) atoms. The highest BCUT2D eigenvalue weighted by Gasteiger charge is 2.35. The van der Waals surface area contributed by atoms with Gasteiger partial charge in [-0.1, -0.05) is 25.4 Å². The molecule has 1 N–H and O–H groups in total. The minimum absolute atomic E-state index is 0.0166. The van der Waals surface area contributed by atoms with Crippen molar-refractivity contribution in [3.05, 3.63) is 47.0 Å². The largest absolute Gasteiger partial charge is 0.417 e. The van der Waals surface area contributed by atoms with Crippen LogP contribution in [0.5, 0.6) is 0 Å². The highest BCUT2D eigenvalue weighted by molar-refractivity contribution is 6.35. The van der Waals surface area contributed by atoms with Crippen molar-refractivity contribution in [3.63, 3.8) is 0 Å². The van der Waals surface area contributed by atoms with E-state index in [1.165, 1.54) is 23.0 Å². The van der Waals surface area contributed by atoms with Gasteiger partial charge >= 0.3 is 6.18 Å². The number of hydrogen-bond acceptors (Lipinski definition) is 3. The monoisotopic (exact) mass is 379 g/mol. The van der Waals surface area contributed by atoms with Gasteiger partial charge in [-0.05, 0) is 23.8 Å². The Hall–Kier alpha value is -2.61. The van der Waals surface area contributed by atoms with Crippen LogP contribution < -0.4 is 0 Å². The Kier molecular flexibility index (Phi) is 3.69. The summed E-state index contributed by atoms with van der Waals surface area (Å²) in [6.07, 6.45) is -1.75. The quantitative estimate of drug-likeness (QED) is 0.529. The molecular formula is C17H13ClF3N5. The molecular weight excluding hydrogens is 367 g/mol. The minimum atomic E-state index is -4.54. The molecule has 134 valence electrons. The summed E-state index contributed by atoms with van der Waals surface area (Å²) in [4.78, 5) is 4.35. The first-order valence-electron chi connectivity index (χ1n) is 7.85. The number of alkyl halides is 3. The fourth-order valence-corrected chi connectivity index (χ4v) is 3.16. The summed E-state index contributed by atoms with van der Waals surface area (Å²) in [5, 5.41) is 11.8. The summed E-state index contributed by atoms with van der Waals surface area (Å²) in [6, 6.07) is 4.10. The first-order chi connectivity index (χ1) is 12.3. The number of rotatable bonds is 2. The lowest BCUT2D eigenvalue weighted by Gasteiger charge is -2.14. The summed E-state index contributed by atoms with van der Waals surface area (Å²) in [6.45, 7) is 3.76. The van der Waals surface area contributed by atoms with Crippen LogP contribution in [0, 0.1) is 0 Å². The maximum atomic E-state index is 13.7. The van der Waals surface area contributed by atoms with E-state index in [4.69, 9.17) is 11.6 Å². The molecule has 5 nitrogen and oxygen atoms in total. The van der Waals surface area contributed by atoms with Crippen molar-refractivity contribution in [1.29, 1.82) is 0 Å². The van der Waals surface area contributed by atoms with Gasteiger partial charge in [0, 0.05) is 23.1 Å². The Morgan fingerprint density at radius 1 is 1.23 bits per heavy atom. The van der Waals surface area contributed by atoms with Gasteiger partial charge in [-0.3, -0.25) is 5.10 Å². The molecule has 0 radical (unpaired) electrons. The molecule has 0 saturated heterocycles. The number of halogens is 4. The van der Waals surface area contributed by atoms with Gasteiger partial charge in [0.1, 0.15) is 0 Å². The Balaban J connectivity index is 2.09. The zero-order valence-corrected chi connectivity index (χ0v) is 14.5. The van der Waals surface area contributed by atoms with E-state index in [2.05, 4.69) is 20.3 Å². The zero-order chi connectivity index (χ0) is 18.6. The number of aromatic nitrogens is 5. The van der Waals surface area contributed by atoms with Gasteiger partial charge in [-0.15, -0.1) is 0 Å². The minimum Gasteiger partial charge on any atom is -0.276 e. The molecule has 0 spiro atoms. The van der Waals surface area contributed by atoms with Gasteiger partial charge in [0.05, 0.1) is 22.3 Å². The predicted molar refractivity (Wildman–Crippen MR) is 92.2 cm³/mol. The van der Waals surface area contributed by atoms with Crippen molar-refractivity contribution >= 4 is 28.2 Å². The molecule has 0 aliphatic rings. The molecule has 0 fully saturated rings. The van der Waals surface area contributed by atoms with E-state index in [-0.39, 0.29) is 22.2 Å². The van der Waals surface area contributed by atoms with E-state index >= 15 is 0 Å². The van der Waals surface area contributed by atoms with Crippen LogP contribution in [0.25, 0.3) is 27.7 Å². The molecule has 0 bridgehead atoms. The zero-order valence-electron chi connectivity index (χ0n) is 13.8. The summed E-state index contributed by atoms with van der Waals surface area (Å²) >= 11 is 6.23. The number of benzene rings is 1. The lowest BCUT2D eigenvalue weighted by atomic mass is 9.99.